The van der Waals surface area contributed by atoms with E-state index < -0.39 is 0 Å². The lowest BCUT2D eigenvalue weighted by atomic mass is 9.87. The number of likely N-dealkylation sites (tertiary alicyclic amines) is 1. The van der Waals surface area contributed by atoms with E-state index in [1.165, 1.54) is 102 Å². The van der Waals surface area contributed by atoms with Gasteiger partial charge in [0.25, 0.3) is 0 Å². The van der Waals surface area contributed by atoms with Crippen molar-refractivity contribution in [1.29, 1.82) is 0 Å². The summed E-state index contributed by atoms with van der Waals surface area (Å²) in [4.78, 5) is 6.55. The van der Waals surface area contributed by atoms with E-state index in [1.54, 1.807) is 6.20 Å². The summed E-state index contributed by atoms with van der Waals surface area (Å²) in [5.41, 5.74) is 1.22. The minimum Gasteiger partial charge on any atom is -0.320 e. The van der Waals surface area contributed by atoms with Crippen LogP contribution in [0.5, 0.6) is 0 Å². The Morgan fingerprint density at radius 1 is 0.861 bits per heavy atom. The van der Waals surface area contributed by atoms with Gasteiger partial charge in [-0.15, -0.1) is 0 Å². The quantitative estimate of drug-likeness (QED) is 0.315. The Kier molecular flexibility index (Phi) is 26.2. The van der Waals surface area contributed by atoms with Crippen molar-refractivity contribution in [3.8, 4) is 0 Å². The van der Waals surface area contributed by atoms with Crippen LogP contribution in [0.1, 0.15) is 90.0 Å². The third kappa shape index (κ3) is 22.2. The Morgan fingerprint density at radius 2 is 1.53 bits per heavy atom. The van der Waals surface area contributed by atoms with Crippen molar-refractivity contribution in [2.45, 2.75) is 97.1 Å². The molecule has 1 aromatic rings. The maximum Gasteiger partial charge on any atom is 0.0312 e. The second-order valence-corrected chi connectivity index (χ2v) is 10.3. The summed E-state index contributed by atoms with van der Waals surface area (Å²) in [6.45, 7) is 11.8. The lowest BCUT2D eigenvalue weighted by Gasteiger charge is -2.26. The highest BCUT2D eigenvalue weighted by Crippen LogP contribution is 2.22. The van der Waals surface area contributed by atoms with Crippen LogP contribution < -0.4 is 21.3 Å². The number of aromatic nitrogens is 1. The number of piperidine rings is 1. The summed E-state index contributed by atoms with van der Waals surface area (Å²) in [7, 11) is 8.01. The van der Waals surface area contributed by atoms with Gasteiger partial charge in [0.15, 0.2) is 0 Å². The van der Waals surface area contributed by atoms with Crippen LogP contribution in [0.2, 0.25) is 0 Å². The molecule has 4 N–H and O–H groups in total. The summed E-state index contributed by atoms with van der Waals surface area (Å²) < 4.78 is 0. The molecule has 3 rings (SSSR count). The van der Waals surface area contributed by atoms with E-state index in [4.69, 9.17) is 0 Å². The largest absolute Gasteiger partial charge is 0.320 e. The van der Waals surface area contributed by atoms with E-state index in [-0.39, 0.29) is 0 Å². The first-order chi connectivity index (χ1) is 17.6. The molecule has 0 radical (unpaired) electrons. The number of rotatable bonds is 11. The van der Waals surface area contributed by atoms with Crippen LogP contribution in [0.25, 0.3) is 0 Å². The van der Waals surface area contributed by atoms with E-state index in [1.807, 2.05) is 39.5 Å². The predicted octanol–water partition coefficient (Wildman–Crippen LogP) is 5.06. The number of hydrogen-bond donors (Lipinski definition) is 4. The van der Waals surface area contributed by atoms with Gasteiger partial charge in [0.05, 0.1) is 0 Å². The fourth-order valence-electron chi connectivity index (χ4n) is 4.47. The molecule has 2 fully saturated rings. The summed E-state index contributed by atoms with van der Waals surface area (Å²) in [5.74, 6) is 0.981. The summed E-state index contributed by atoms with van der Waals surface area (Å²) >= 11 is 0. The smallest absolute Gasteiger partial charge is 0.0312 e. The molecule has 0 unspecified atom stereocenters. The lowest BCUT2D eigenvalue weighted by molar-refractivity contribution is 0.226. The third-order valence-electron chi connectivity index (χ3n) is 6.91. The number of pyridine rings is 1. The molecule has 0 bridgehead atoms. The van der Waals surface area contributed by atoms with Crippen molar-refractivity contribution in [1.82, 2.24) is 31.2 Å². The zero-order valence-corrected chi connectivity index (χ0v) is 24.9. The Balaban J connectivity index is 0.000000460. The molecule has 36 heavy (non-hydrogen) atoms. The molecule has 1 saturated heterocycles. The van der Waals surface area contributed by atoms with Gasteiger partial charge in [-0.25, -0.2) is 0 Å². The van der Waals surface area contributed by atoms with Crippen LogP contribution in [0.3, 0.4) is 0 Å². The van der Waals surface area contributed by atoms with E-state index in [0.717, 1.165) is 25.0 Å². The molecule has 212 valence electrons. The molecule has 2 aliphatic rings. The number of unbranched alkanes of at least 4 members (excludes halogenated alkanes) is 2. The molecule has 1 aliphatic carbocycles. The van der Waals surface area contributed by atoms with Gasteiger partial charge in [-0.1, -0.05) is 39.2 Å². The molecule has 0 amide bonds. The van der Waals surface area contributed by atoms with Crippen molar-refractivity contribution in [3.05, 3.63) is 30.1 Å². The third-order valence-corrected chi connectivity index (χ3v) is 6.91. The van der Waals surface area contributed by atoms with Gasteiger partial charge in [0.1, 0.15) is 0 Å². The molecular weight excluding hydrogens is 444 g/mol. The van der Waals surface area contributed by atoms with E-state index in [2.05, 4.69) is 52.0 Å². The van der Waals surface area contributed by atoms with Crippen molar-refractivity contribution in [2.75, 3.05) is 60.9 Å². The Bertz CT molecular complexity index is 524. The Labute approximate surface area is 225 Å². The molecule has 2 heterocycles. The van der Waals surface area contributed by atoms with Gasteiger partial charge < -0.3 is 26.2 Å². The van der Waals surface area contributed by atoms with Crippen LogP contribution >= 0.6 is 0 Å². The molecule has 1 aliphatic heterocycles. The molecular formula is C30H62N6. The number of nitrogens with one attached hydrogen (secondary N) is 4. The normalized spacial score (nSPS) is 19.6. The second kappa shape index (κ2) is 27.0. The van der Waals surface area contributed by atoms with Crippen molar-refractivity contribution in [3.63, 3.8) is 0 Å². The average Bonchev–Trinajstić information content (AvgIpc) is 2.92. The molecule has 0 atom stereocenters. The van der Waals surface area contributed by atoms with Crippen LogP contribution in [-0.2, 0) is 6.54 Å². The highest BCUT2D eigenvalue weighted by Gasteiger charge is 2.15. The first-order valence-corrected chi connectivity index (χ1v) is 14.8. The van der Waals surface area contributed by atoms with Crippen LogP contribution in [0.4, 0.5) is 0 Å². The van der Waals surface area contributed by atoms with E-state index >= 15 is 0 Å². The predicted molar refractivity (Wildman–Crippen MR) is 160 cm³/mol. The van der Waals surface area contributed by atoms with E-state index in [0.29, 0.717) is 0 Å². The van der Waals surface area contributed by atoms with Crippen molar-refractivity contribution in [2.24, 2.45) is 5.92 Å². The first-order valence-electron chi connectivity index (χ1n) is 14.8. The maximum atomic E-state index is 3.96. The summed E-state index contributed by atoms with van der Waals surface area (Å²) in [6, 6.07) is 4.80. The van der Waals surface area contributed by atoms with Crippen LogP contribution in [0, 0.1) is 5.92 Å². The van der Waals surface area contributed by atoms with Crippen molar-refractivity contribution < 1.29 is 0 Å². The van der Waals surface area contributed by atoms with Gasteiger partial charge in [-0.05, 0) is 130 Å². The number of hydrogen-bond acceptors (Lipinski definition) is 6. The lowest BCUT2D eigenvalue weighted by Crippen LogP contribution is -2.31. The van der Waals surface area contributed by atoms with Crippen molar-refractivity contribution >= 4 is 0 Å². The molecule has 0 spiro atoms. The minimum absolute atomic E-state index is 0.821. The second-order valence-electron chi connectivity index (χ2n) is 10.3. The molecule has 0 aromatic carbocycles. The fourth-order valence-corrected chi connectivity index (χ4v) is 4.47. The topological polar surface area (TPSA) is 64.2 Å². The number of nitrogens with zero attached hydrogens (tertiary/aromatic N) is 2. The minimum atomic E-state index is 0.821. The molecule has 1 aromatic heterocycles. The van der Waals surface area contributed by atoms with Gasteiger partial charge >= 0.3 is 0 Å². The fraction of sp³-hybridized carbons (Fsp3) is 0.833. The van der Waals surface area contributed by atoms with Gasteiger partial charge in [-0.2, -0.15) is 0 Å². The van der Waals surface area contributed by atoms with Crippen LogP contribution in [0.15, 0.2) is 24.5 Å². The van der Waals surface area contributed by atoms with Gasteiger partial charge in [0.2, 0.25) is 0 Å². The average molecular weight is 507 g/mol. The Morgan fingerprint density at radius 3 is 2.06 bits per heavy atom. The van der Waals surface area contributed by atoms with E-state index in [9.17, 15) is 0 Å². The van der Waals surface area contributed by atoms with Gasteiger partial charge in [0, 0.05) is 25.0 Å². The zero-order chi connectivity index (χ0) is 26.7. The summed E-state index contributed by atoms with van der Waals surface area (Å²) in [5, 5.41) is 12.7. The zero-order valence-electron chi connectivity index (χ0n) is 24.9. The summed E-state index contributed by atoms with van der Waals surface area (Å²) in [6.07, 6.45) is 18.8. The monoisotopic (exact) mass is 507 g/mol. The highest BCUT2D eigenvalue weighted by atomic mass is 15.1. The van der Waals surface area contributed by atoms with Crippen LogP contribution in [-0.4, -0.2) is 76.8 Å². The Hall–Kier alpha value is -1.05. The first kappa shape index (κ1) is 35.0. The molecule has 6 nitrogen and oxygen atoms in total. The highest BCUT2D eigenvalue weighted by molar-refractivity contribution is 5.07. The van der Waals surface area contributed by atoms with Gasteiger partial charge in [-0.3, -0.25) is 4.98 Å². The standard InChI is InChI=1S/C9H20N2.C8H17N.C7H10N2.C6H15N/c1-10-6-5-9-11-7-3-2-4-8-11;1-7-3-5-8(9-2)6-4-7;1-8-5-7-3-2-4-9-6-7;1-3-4-5-6-7-2/h10H,2-9H2,1H3;7-9H,3-6H2,1-2H3;2-4,6,8H,5H2,1H3;7H,3-6H2,1-2H3. The maximum absolute atomic E-state index is 3.96. The molecule has 1 saturated carbocycles. The SMILES string of the molecule is CCCCCNC.CNC1CCC(C)CC1.CNCCCN1CCCCC1.CNCc1cccnc1. The molecule has 6 heteroatoms.